The molecule has 4 aromatic rings. The maximum atomic E-state index is 4.80. The van der Waals surface area contributed by atoms with Gasteiger partial charge in [0.2, 0.25) is 0 Å². The highest BCUT2D eigenvalue weighted by atomic mass is 15.0. The number of hydrogen-bond donors (Lipinski definition) is 0. The molecule has 3 heterocycles. The van der Waals surface area contributed by atoms with E-state index >= 15 is 0 Å². The van der Waals surface area contributed by atoms with Crippen LogP contribution in [0.1, 0.15) is 0 Å². The van der Waals surface area contributed by atoms with E-state index in [-0.39, 0.29) is 0 Å². The molecule has 0 saturated heterocycles. The van der Waals surface area contributed by atoms with Gasteiger partial charge < -0.3 is 0 Å². The minimum absolute atomic E-state index is 0.947. The molecule has 0 amide bonds. The number of imidazole rings is 1. The van der Waals surface area contributed by atoms with Crippen LogP contribution in [0.25, 0.3) is 28.2 Å². The second kappa shape index (κ2) is 4.87. The molecule has 0 radical (unpaired) electrons. The summed E-state index contributed by atoms with van der Waals surface area (Å²) in [7, 11) is 0. The van der Waals surface area contributed by atoms with Gasteiger partial charge in [-0.05, 0) is 24.3 Å². The maximum absolute atomic E-state index is 4.80. The molecule has 3 heteroatoms. The van der Waals surface area contributed by atoms with Gasteiger partial charge in [0, 0.05) is 29.7 Å². The lowest BCUT2D eigenvalue weighted by Crippen LogP contribution is -1.89. The monoisotopic (exact) mass is 271 g/mol. The minimum atomic E-state index is 0.947. The van der Waals surface area contributed by atoms with Crippen molar-refractivity contribution in [3.05, 3.63) is 79.3 Å². The zero-order chi connectivity index (χ0) is 14.1. The Morgan fingerprint density at radius 3 is 2.29 bits per heavy atom. The van der Waals surface area contributed by atoms with Gasteiger partial charge in [0.05, 0.1) is 11.4 Å². The van der Waals surface area contributed by atoms with Crippen LogP contribution in [0.3, 0.4) is 0 Å². The molecule has 1 aromatic carbocycles. The molecule has 4 rings (SSSR count). The van der Waals surface area contributed by atoms with Crippen LogP contribution in [-0.4, -0.2) is 14.4 Å². The number of fused-ring (bicyclic) bond motifs is 1. The van der Waals surface area contributed by atoms with E-state index < -0.39 is 0 Å². The third-order valence-corrected chi connectivity index (χ3v) is 3.53. The van der Waals surface area contributed by atoms with Gasteiger partial charge in [0.15, 0.2) is 0 Å². The molecule has 3 aromatic heterocycles. The van der Waals surface area contributed by atoms with E-state index in [0.717, 1.165) is 28.2 Å². The largest absolute Gasteiger partial charge is 0.299 e. The van der Waals surface area contributed by atoms with Crippen LogP contribution in [0, 0.1) is 0 Å². The summed E-state index contributed by atoms with van der Waals surface area (Å²) in [6.07, 6.45) is 5.67. The first-order valence-corrected chi connectivity index (χ1v) is 6.86. The number of rotatable bonds is 2. The lowest BCUT2D eigenvalue weighted by Gasteiger charge is -2.05. The predicted molar refractivity (Wildman–Crippen MR) is 83.9 cm³/mol. The van der Waals surface area contributed by atoms with Gasteiger partial charge in [-0.1, -0.05) is 36.4 Å². The fraction of sp³-hybridized carbons (Fsp3) is 0. The molecule has 0 unspecified atom stereocenters. The van der Waals surface area contributed by atoms with Gasteiger partial charge in [0.1, 0.15) is 5.65 Å². The molecule has 100 valence electrons. The zero-order valence-electron chi connectivity index (χ0n) is 11.3. The Bertz CT molecular complexity index is 880. The van der Waals surface area contributed by atoms with Crippen molar-refractivity contribution in [2.75, 3.05) is 0 Å². The molecule has 3 nitrogen and oxygen atoms in total. The fourth-order valence-electron chi connectivity index (χ4n) is 2.58. The second-order valence-corrected chi connectivity index (χ2v) is 4.84. The van der Waals surface area contributed by atoms with Gasteiger partial charge in [-0.3, -0.25) is 9.38 Å². The molecule has 0 aliphatic rings. The Balaban J connectivity index is 2.07. The summed E-state index contributed by atoms with van der Waals surface area (Å²) in [6, 6.07) is 20.4. The summed E-state index contributed by atoms with van der Waals surface area (Å²) in [5.41, 5.74) is 5.27. The minimum Gasteiger partial charge on any atom is -0.299 e. The lowest BCUT2D eigenvalue weighted by atomic mass is 10.1. The quantitative estimate of drug-likeness (QED) is 0.550. The molecule has 0 bridgehead atoms. The SMILES string of the molecule is c1ccc(-c2nc3ccccn3c2-c2ccncc2)cc1. The number of aromatic nitrogens is 3. The van der Waals surface area contributed by atoms with Crippen LogP contribution >= 0.6 is 0 Å². The average Bonchev–Trinajstić information content (AvgIpc) is 2.96. The van der Waals surface area contributed by atoms with Crippen molar-refractivity contribution in [3.8, 4) is 22.5 Å². The second-order valence-electron chi connectivity index (χ2n) is 4.84. The highest BCUT2D eigenvalue weighted by Gasteiger charge is 2.14. The Morgan fingerprint density at radius 1 is 0.714 bits per heavy atom. The number of pyridine rings is 2. The van der Waals surface area contributed by atoms with E-state index in [9.17, 15) is 0 Å². The fourth-order valence-corrected chi connectivity index (χ4v) is 2.58. The Morgan fingerprint density at radius 2 is 1.48 bits per heavy atom. The summed E-state index contributed by atoms with van der Waals surface area (Å²) in [6.45, 7) is 0. The van der Waals surface area contributed by atoms with E-state index in [1.807, 2.05) is 67.1 Å². The smallest absolute Gasteiger partial charge is 0.137 e. The summed E-state index contributed by atoms with van der Waals surface area (Å²) in [5, 5.41) is 0. The van der Waals surface area contributed by atoms with Gasteiger partial charge in [-0.2, -0.15) is 0 Å². The molecule has 0 N–H and O–H groups in total. The van der Waals surface area contributed by atoms with Gasteiger partial charge in [-0.15, -0.1) is 0 Å². The Labute approximate surface area is 122 Å². The summed E-state index contributed by atoms with van der Waals surface area (Å²) >= 11 is 0. The first-order chi connectivity index (χ1) is 10.4. The van der Waals surface area contributed by atoms with Crippen LogP contribution in [0.4, 0.5) is 0 Å². The van der Waals surface area contributed by atoms with E-state index in [4.69, 9.17) is 4.98 Å². The topological polar surface area (TPSA) is 30.2 Å². The molecule has 0 saturated carbocycles. The number of hydrogen-bond acceptors (Lipinski definition) is 2. The molecular formula is C18H13N3. The van der Waals surface area contributed by atoms with Crippen LogP contribution in [0.5, 0.6) is 0 Å². The van der Waals surface area contributed by atoms with Crippen molar-refractivity contribution in [1.29, 1.82) is 0 Å². The zero-order valence-corrected chi connectivity index (χ0v) is 11.3. The van der Waals surface area contributed by atoms with Crippen molar-refractivity contribution < 1.29 is 0 Å². The van der Waals surface area contributed by atoms with Gasteiger partial charge in [0.25, 0.3) is 0 Å². The molecule has 0 spiro atoms. The summed E-state index contributed by atoms with van der Waals surface area (Å²) in [4.78, 5) is 8.91. The lowest BCUT2D eigenvalue weighted by molar-refractivity contribution is 1.19. The standard InChI is InChI=1S/C18H13N3/c1-2-6-14(7-3-1)17-18(15-9-11-19-12-10-15)21-13-5-4-8-16(21)20-17/h1-13H. The van der Waals surface area contributed by atoms with Crippen molar-refractivity contribution >= 4 is 5.65 Å². The van der Waals surface area contributed by atoms with Crippen LogP contribution in [-0.2, 0) is 0 Å². The molecule has 0 fully saturated rings. The van der Waals surface area contributed by atoms with Crippen molar-refractivity contribution in [1.82, 2.24) is 14.4 Å². The normalized spacial score (nSPS) is 10.9. The van der Waals surface area contributed by atoms with Gasteiger partial charge in [-0.25, -0.2) is 4.98 Å². The third-order valence-electron chi connectivity index (χ3n) is 3.53. The van der Waals surface area contributed by atoms with Crippen LogP contribution in [0.15, 0.2) is 79.3 Å². The molecular weight excluding hydrogens is 258 g/mol. The number of benzene rings is 1. The van der Waals surface area contributed by atoms with E-state index in [2.05, 4.69) is 21.5 Å². The molecule has 0 atom stereocenters. The third kappa shape index (κ3) is 1.99. The van der Waals surface area contributed by atoms with E-state index in [1.165, 1.54) is 0 Å². The van der Waals surface area contributed by atoms with Crippen molar-refractivity contribution in [2.24, 2.45) is 0 Å². The highest BCUT2D eigenvalue weighted by molar-refractivity contribution is 5.81. The summed E-state index contributed by atoms with van der Waals surface area (Å²) < 4.78 is 2.12. The highest BCUT2D eigenvalue weighted by Crippen LogP contribution is 2.32. The Kier molecular flexibility index (Phi) is 2.75. The molecule has 21 heavy (non-hydrogen) atoms. The number of nitrogens with zero attached hydrogens (tertiary/aromatic N) is 3. The Hall–Kier alpha value is -2.94. The van der Waals surface area contributed by atoms with E-state index in [0.29, 0.717) is 0 Å². The molecule has 0 aliphatic heterocycles. The van der Waals surface area contributed by atoms with Crippen LogP contribution in [0.2, 0.25) is 0 Å². The average molecular weight is 271 g/mol. The molecule has 0 aliphatic carbocycles. The first-order valence-electron chi connectivity index (χ1n) is 6.86. The predicted octanol–water partition coefficient (Wildman–Crippen LogP) is 4.06. The summed E-state index contributed by atoms with van der Waals surface area (Å²) in [5.74, 6) is 0. The van der Waals surface area contributed by atoms with Crippen molar-refractivity contribution in [3.63, 3.8) is 0 Å². The van der Waals surface area contributed by atoms with Crippen molar-refractivity contribution in [2.45, 2.75) is 0 Å². The first kappa shape index (κ1) is 11.9. The van der Waals surface area contributed by atoms with Gasteiger partial charge >= 0.3 is 0 Å². The van der Waals surface area contributed by atoms with E-state index in [1.54, 1.807) is 0 Å². The maximum Gasteiger partial charge on any atom is 0.137 e. The van der Waals surface area contributed by atoms with Crippen LogP contribution < -0.4 is 0 Å².